The van der Waals surface area contributed by atoms with Gasteiger partial charge in [-0.3, -0.25) is 4.79 Å². The van der Waals surface area contributed by atoms with Gasteiger partial charge < -0.3 is 10.4 Å². The number of nitrogens with one attached hydrogen (secondary N) is 1. The van der Waals surface area contributed by atoms with Crippen molar-refractivity contribution in [2.75, 3.05) is 13.2 Å². The van der Waals surface area contributed by atoms with E-state index in [1.165, 1.54) is 0 Å². The van der Waals surface area contributed by atoms with Crippen LogP contribution in [0, 0.1) is 11.3 Å². The summed E-state index contributed by atoms with van der Waals surface area (Å²) in [6, 6.07) is 0. The average molecular weight is 239 g/mol. The lowest BCUT2D eigenvalue weighted by molar-refractivity contribution is -0.125. The number of carbonyl (C=O) groups excluding carboxylic acids is 1. The van der Waals surface area contributed by atoms with Crippen molar-refractivity contribution in [3.63, 3.8) is 0 Å². The van der Waals surface area contributed by atoms with Crippen LogP contribution in [0.3, 0.4) is 0 Å². The van der Waals surface area contributed by atoms with Gasteiger partial charge in [0.2, 0.25) is 5.91 Å². The highest BCUT2D eigenvalue weighted by molar-refractivity contribution is 5.79. The van der Waals surface area contributed by atoms with E-state index in [1.54, 1.807) is 0 Å². The molecule has 17 heavy (non-hydrogen) atoms. The number of aliphatic hydroxyl groups excluding tert-OH is 1. The number of carbonyl (C=O) groups is 1. The predicted octanol–water partition coefficient (Wildman–Crippen LogP) is 2.26. The van der Waals surface area contributed by atoms with Gasteiger partial charge in [0, 0.05) is 17.9 Å². The third kappa shape index (κ3) is 3.84. The first-order valence-electron chi connectivity index (χ1n) is 6.71. The predicted molar refractivity (Wildman–Crippen MR) is 69.6 cm³/mol. The molecule has 1 unspecified atom stereocenters. The molecule has 0 aromatic rings. The van der Waals surface area contributed by atoms with Crippen LogP contribution >= 0.6 is 0 Å². The molecule has 0 aromatic carbocycles. The normalized spacial score (nSPS) is 20.3. The fraction of sp³-hybridized carbons (Fsp3) is 0.786. The van der Waals surface area contributed by atoms with Crippen LogP contribution in [0.15, 0.2) is 12.2 Å². The Bertz CT molecular complexity index is 261. The van der Waals surface area contributed by atoms with Gasteiger partial charge in [0.15, 0.2) is 0 Å². The van der Waals surface area contributed by atoms with Gasteiger partial charge in [0.1, 0.15) is 0 Å². The molecule has 0 heterocycles. The van der Waals surface area contributed by atoms with E-state index < -0.39 is 0 Å². The van der Waals surface area contributed by atoms with Crippen molar-refractivity contribution in [3.8, 4) is 0 Å². The highest BCUT2D eigenvalue weighted by Gasteiger charge is 2.27. The number of hydrogen-bond acceptors (Lipinski definition) is 2. The molecular formula is C14H25NO2. The standard InChI is InChI=1S/C14H25NO2/c1-3-14(4-2,11-16)10-15-13(17)12-8-6-5-7-9-12/h5-6,12,16H,3-4,7-11H2,1-2H3,(H,15,17). The second-order valence-corrected chi connectivity index (χ2v) is 5.06. The highest BCUT2D eigenvalue weighted by atomic mass is 16.3. The van der Waals surface area contributed by atoms with Crippen LogP contribution in [-0.4, -0.2) is 24.2 Å². The molecule has 0 spiro atoms. The fourth-order valence-corrected chi connectivity index (χ4v) is 2.23. The van der Waals surface area contributed by atoms with Crippen LogP contribution in [0.2, 0.25) is 0 Å². The van der Waals surface area contributed by atoms with Crippen molar-refractivity contribution in [1.29, 1.82) is 0 Å². The number of rotatable bonds is 6. The molecule has 0 bridgehead atoms. The SMILES string of the molecule is CCC(CC)(CO)CNC(=O)C1CC=CCC1. The van der Waals surface area contributed by atoms with Gasteiger partial charge in [0.25, 0.3) is 0 Å². The number of amides is 1. The maximum absolute atomic E-state index is 12.0. The zero-order valence-electron chi connectivity index (χ0n) is 11.0. The number of aliphatic hydroxyl groups is 1. The lowest BCUT2D eigenvalue weighted by atomic mass is 9.83. The maximum Gasteiger partial charge on any atom is 0.223 e. The molecule has 1 amide bonds. The van der Waals surface area contributed by atoms with Crippen molar-refractivity contribution in [2.45, 2.75) is 46.0 Å². The third-order valence-corrected chi connectivity index (χ3v) is 4.11. The maximum atomic E-state index is 12.0. The van der Waals surface area contributed by atoms with E-state index in [0.29, 0.717) is 6.54 Å². The largest absolute Gasteiger partial charge is 0.396 e. The van der Waals surface area contributed by atoms with Crippen LogP contribution in [0.4, 0.5) is 0 Å². The third-order valence-electron chi connectivity index (χ3n) is 4.11. The summed E-state index contributed by atoms with van der Waals surface area (Å²) in [5.74, 6) is 0.277. The van der Waals surface area contributed by atoms with E-state index in [1.807, 2.05) is 0 Å². The topological polar surface area (TPSA) is 49.3 Å². The van der Waals surface area contributed by atoms with E-state index in [2.05, 4.69) is 31.3 Å². The Labute approximate surface area is 104 Å². The molecule has 2 N–H and O–H groups in total. The van der Waals surface area contributed by atoms with Gasteiger partial charge in [-0.25, -0.2) is 0 Å². The molecule has 98 valence electrons. The molecule has 1 aliphatic rings. The smallest absolute Gasteiger partial charge is 0.223 e. The molecule has 1 aliphatic carbocycles. The molecule has 0 aromatic heterocycles. The second-order valence-electron chi connectivity index (χ2n) is 5.06. The molecular weight excluding hydrogens is 214 g/mol. The van der Waals surface area contributed by atoms with Crippen molar-refractivity contribution in [1.82, 2.24) is 5.32 Å². The Morgan fingerprint density at radius 1 is 1.41 bits per heavy atom. The first kappa shape index (κ1) is 14.2. The zero-order valence-corrected chi connectivity index (χ0v) is 11.0. The van der Waals surface area contributed by atoms with Gasteiger partial charge in [0.05, 0.1) is 6.61 Å². The van der Waals surface area contributed by atoms with Gasteiger partial charge in [-0.1, -0.05) is 26.0 Å². The molecule has 0 aliphatic heterocycles. The van der Waals surface area contributed by atoms with E-state index >= 15 is 0 Å². The Morgan fingerprint density at radius 2 is 2.12 bits per heavy atom. The van der Waals surface area contributed by atoms with Crippen molar-refractivity contribution in [3.05, 3.63) is 12.2 Å². The van der Waals surface area contributed by atoms with Crippen LogP contribution < -0.4 is 5.32 Å². The summed E-state index contributed by atoms with van der Waals surface area (Å²) in [7, 11) is 0. The van der Waals surface area contributed by atoms with Crippen LogP contribution in [0.25, 0.3) is 0 Å². The molecule has 3 nitrogen and oxygen atoms in total. The minimum atomic E-state index is -0.139. The first-order chi connectivity index (χ1) is 8.17. The van der Waals surface area contributed by atoms with Crippen LogP contribution in [0.5, 0.6) is 0 Å². The molecule has 1 atom stereocenters. The van der Waals surface area contributed by atoms with Gasteiger partial charge in [-0.15, -0.1) is 0 Å². The minimum absolute atomic E-state index is 0.130. The van der Waals surface area contributed by atoms with Crippen molar-refractivity contribution < 1.29 is 9.90 Å². The fourth-order valence-electron chi connectivity index (χ4n) is 2.23. The Hall–Kier alpha value is -0.830. The minimum Gasteiger partial charge on any atom is -0.396 e. The summed E-state index contributed by atoms with van der Waals surface area (Å²) in [6.45, 7) is 4.87. The van der Waals surface area contributed by atoms with Gasteiger partial charge >= 0.3 is 0 Å². The molecule has 0 saturated heterocycles. The molecule has 0 radical (unpaired) electrons. The lowest BCUT2D eigenvalue weighted by Gasteiger charge is -2.30. The number of hydrogen-bond donors (Lipinski definition) is 2. The lowest BCUT2D eigenvalue weighted by Crippen LogP contribution is -2.41. The van der Waals surface area contributed by atoms with Gasteiger partial charge in [-0.2, -0.15) is 0 Å². The van der Waals surface area contributed by atoms with E-state index in [-0.39, 0.29) is 23.8 Å². The molecule has 0 saturated carbocycles. The first-order valence-corrected chi connectivity index (χ1v) is 6.71. The molecule has 1 rings (SSSR count). The monoisotopic (exact) mass is 239 g/mol. The highest BCUT2D eigenvalue weighted by Crippen LogP contribution is 2.25. The summed E-state index contributed by atoms with van der Waals surface area (Å²) >= 11 is 0. The van der Waals surface area contributed by atoms with Crippen LogP contribution in [0.1, 0.15) is 46.0 Å². The van der Waals surface area contributed by atoms with E-state index in [0.717, 1.165) is 32.1 Å². The molecule has 3 heteroatoms. The Morgan fingerprint density at radius 3 is 2.59 bits per heavy atom. The summed E-state index contributed by atoms with van der Waals surface area (Å²) < 4.78 is 0. The van der Waals surface area contributed by atoms with Crippen LogP contribution in [-0.2, 0) is 4.79 Å². The van der Waals surface area contributed by atoms with Crippen molar-refractivity contribution in [2.24, 2.45) is 11.3 Å². The zero-order chi connectivity index (χ0) is 12.7. The second kappa shape index (κ2) is 6.80. The number of allylic oxidation sites excluding steroid dienone is 2. The summed E-state index contributed by atoms with van der Waals surface area (Å²) in [5.41, 5.74) is -0.139. The van der Waals surface area contributed by atoms with Crippen molar-refractivity contribution >= 4 is 5.91 Å². The summed E-state index contributed by atoms with van der Waals surface area (Å²) in [4.78, 5) is 12.0. The summed E-state index contributed by atoms with van der Waals surface area (Å²) in [6.07, 6.45) is 8.83. The van der Waals surface area contributed by atoms with E-state index in [9.17, 15) is 9.90 Å². The quantitative estimate of drug-likeness (QED) is 0.698. The van der Waals surface area contributed by atoms with Gasteiger partial charge in [-0.05, 0) is 32.1 Å². The van der Waals surface area contributed by atoms with E-state index in [4.69, 9.17) is 0 Å². The molecule has 0 fully saturated rings. The average Bonchev–Trinajstić information content (AvgIpc) is 2.41. The summed E-state index contributed by atoms with van der Waals surface area (Å²) in [5, 5.41) is 12.5. The Balaban J connectivity index is 2.43. The Kier molecular flexibility index (Phi) is 5.69.